The van der Waals surface area contributed by atoms with Gasteiger partial charge in [-0.25, -0.2) is 0 Å². The normalized spacial score (nSPS) is 12.3. The summed E-state index contributed by atoms with van der Waals surface area (Å²) in [4.78, 5) is 37.9. The summed E-state index contributed by atoms with van der Waals surface area (Å²) >= 11 is 0. The molecule has 0 radical (unpaired) electrons. The Morgan fingerprint density at radius 1 is 0.322 bits per heavy atom. The van der Waals surface area contributed by atoms with Crippen LogP contribution >= 0.6 is 0 Å². The number of ether oxygens (including phenoxy) is 3. The van der Waals surface area contributed by atoms with E-state index in [-0.39, 0.29) is 31.1 Å². The molecule has 0 fully saturated rings. The molecule has 0 saturated heterocycles. The number of hydrogen-bond donors (Lipinski definition) is 0. The van der Waals surface area contributed by atoms with Gasteiger partial charge in [-0.05, 0) is 89.9 Å². The summed E-state index contributed by atoms with van der Waals surface area (Å²) < 4.78 is 16.8. The molecule has 0 aliphatic heterocycles. The molecule has 1 atom stereocenters. The van der Waals surface area contributed by atoms with Gasteiger partial charge >= 0.3 is 17.9 Å². The van der Waals surface area contributed by atoms with Gasteiger partial charge in [0.05, 0.1) is 0 Å². The zero-order valence-electron chi connectivity index (χ0n) is 39.3. The first-order chi connectivity index (χ1) is 29.0. The van der Waals surface area contributed by atoms with Gasteiger partial charge in [0.15, 0.2) is 6.10 Å². The van der Waals surface area contributed by atoms with Crippen molar-refractivity contribution in [2.75, 3.05) is 13.2 Å². The standard InChI is InChI=1S/C53H96O6/c1-4-7-10-13-16-19-22-24-26-28-31-34-37-40-43-46-52(55)58-49-50(48-57-51(54)45-42-39-36-33-30-21-18-15-12-9-6-3)59-53(56)47-44-41-38-35-32-29-27-25-23-20-17-14-11-8-5-2/h15,18-19,22,25,27,50H,4-14,16-17,20-21,23-24,26,28-49H2,1-3H3/b18-15-,22-19-,27-25-/t50-/m0/s1. The molecule has 0 saturated carbocycles. The van der Waals surface area contributed by atoms with Gasteiger partial charge in [-0.2, -0.15) is 0 Å². The number of carbonyl (C=O) groups excluding carboxylic acids is 3. The molecule has 59 heavy (non-hydrogen) atoms. The summed E-state index contributed by atoms with van der Waals surface area (Å²) in [5.74, 6) is -0.895. The van der Waals surface area contributed by atoms with E-state index >= 15 is 0 Å². The van der Waals surface area contributed by atoms with Crippen LogP contribution in [0.1, 0.15) is 265 Å². The highest BCUT2D eigenvalue weighted by Crippen LogP contribution is 2.14. The zero-order chi connectivity index (χ0) is 43.0. The quantitative estimate of drug-likeness (QED) is 0.0263. The molecular weight excluding hydrogens is 733 g/mol. The van der Waals surface area contributed by atoms with Crippen LogP contribution < -0.4 is 0 Å². The van der Waals surface area contributed by atoms with Crippen molar-refractivity contribution in [3.05, 3.63) is 36.5 Å². The lowest BCUT2D eigenvalue weighted by Crippen LogP contribution is -2.30. The van der Waals surface area contributed by atoms with Crippen LogP contribution in [-0.4, -0.2) is 37.2 Å². The number of carbonyl (C=O) groups is 3. The Bertz CT molecular complexity index is 1000. The lowest BCUT2D eigenvalue weighted by atomic mass is 10.1. The van der Waals surface area contributed by atoms with Crippen molar-refractivity contribution in [1.82, 2.24) is 0 Å². The molecule has 6 nitrogen and oxygen atoms in total. The Kier molecular flexibility index (Phi) is 46.4. The summed E-state index contributed by atoms with van der Waals surface area (Å²) in [6.45, 7) is 6.58. The second kappa shape index (κ2) is 48.3. The van der Waals surface area contributed by atoms with Crippen molar-refractivity contribution >= 4 is 17.9 Å². The van der Waals surface area contributed by atoms with E-state index in [9.17, 15) is 14.4 Å². The first-order valence-electron chi connectivity index (χ1n) is 25.5. The van der Waals surface area contributed by atoms with E-state index in [4.69, 9.17) is 14.2 Å². The smallest absolute Gasteiger partial charge is 0.306 e. The largest absolute Gasteiger partial charge is 0.462 e. The minimum atomic E-state index is -0.778. The summed E-state index contributed by atoms with van der Waals surface area (Å²) in [5.41, 5.74) is 0. The maximum absolute atomic E-state index is 12.8. The Morgan fingerprint density at radius 3 is 0.915 bits per heavy atom. The fourth-order valence-electron chi connectivity index (χ4n) is 7.18. The fraction of sp³-hybridized carbons (Fsp3) is 0.830. The predicted octanol–water partition coefficient (Wildman–Crippen LogP) is 16.5. The van der Waals surface area contributed by atoms with Gasteiger partial charge in [-0.3, -0.25) is 14.4 Å². The third-order valence-corrected chi connectivity index (χ3v) is 11.1. The maximum atomic E-state index is 12.8. The SMILES string of the molecule is CCCC/C=C\CCCCCCCC(=O)OC[C@@H](COC(=O)CCCCCCCCC/C=C\CCCCCC)OC(=O)CCCCCCC/C=C\CCCCCCCC. The first kappa shape index (κ1) is 56.6. The molecule has 0 amide bonds. The highest BCUT2D eigenvalue weighted by molar-refractivity contribution is 5.71. The summed E-state index contributed by atoms with van der Waals surface area (Å²) in [6, 6.07) is 0. The van der Waals surface area contributed by atoms with E-state index in [0.29, 0.717) is 19.3 Å². The number of unbranched alkanes of at least 4 members (excludes halogenated alkanes) is 29. The van der Waals surface area contributed by atoms with E-state index in [0.717, 1.165) is 70.6 Å². The van der Waals surface area contributed by atoms with Crippen LogP contribution in [0.4, 0.5) is 0 Å². The molecule has 0 aromatic rings. The topological polar surface area (TPSA) is 78.9 Å². The molecule has 0 bridgehead atoms. The van der Waals surface area contributed by atoms with E-state index in [1.807, 2.05) is 0 Å². The average molecular weight is 829 g/mol. The Balaban J connectivity index is 4.37. The molecular formula is C53H96O6. The van der Waals surface area contributed by atoms with Gasteiger partial charge in [-0.1, -0.05) is 192 Å². The van der Waals surface area contributed by atoms with Gasteiger partial charge in [-0.15, -0.1) is 0 Å². The first-order valence-corrected chi connectivity index (χ1v) is 25.5. The molecule has 0 heterocycles. The van der Waals surface area contributed by atoms with E-state index in [1.165, 1.54) is 154 Å². The van der Waals surface area contributed by atoms with Crippen molar-refractivity contribution in [1.29, 1.82) is 0 Å². The molecule has 0 spiro atoms. The summed E-state index contributed by atoms with van der Waals surface area (Å²) in [6.07, 6.45) is 55.5. The van der Waals surface area contributed by atoms with Crippen LogP contribution in [0.2, 0.25) is 0 Å². The molecule has 344 valence electrons. The van der Waals surface area contributed by atoms with E-state index in [1.54, 1.807) is 0 Å². The highest BCUT2D eigenvalue weighted by Gasteiger charge is 2.19. The van der Waals surface area contributed by atoms with E-state index < -0.39 is 6.10 Å². The van der Waals surface area contributed by atoms with Crippen LogP contribution in [0.5, 0.6) is 0 Å². The molecule has 0 aliphatic rings. The molecule has 0 rings (SSSR count). The zero-order valence-corrected chi connectivity index (χ0v) is 39.3. The minimum Gasteiger partial charge on any atom is -0.462 e. The molecule has 0 aromatic carbocycles. The van der Waals surface area contributed by atoms with Crippen molar-refractivity contribution in [2.45, 2.75) is 271 Å². The van der Waals surface area contributed by atoms with Crippen LogP contribution in [0.25, 0.3) is 0 Å². The average Bonchev–Trinajstić information content (AvgIpc) is 3.23. The number of esters is 3. The molecule has 0 N–H and O–H groups in total. The second-order valence-electron chi connectivity index (χ2n) is 17.1. The Hall–Kier alpha value is -2.37. The minimum absolute atomic E-state index is 0.0791. The van der Waals surface area contributed by atoms with Crippen molar-refractivity contribution in [2.24, 2.45) is 0 Å². The summed E-state index contributed by atoms with van der Waals surface area (Å²) in [5, 5.41) is 0. The third-order valence-electron chi connectivity index (χ3n) is 11.1. The van der Waals surface area contributed by atoms with E-state index in [2.05, 4.69) is 57.2 Å². The molecule has 0 aliphatic carbocycles. The predicted molar refractivity (Wildman–Crippen MR) is 252 cm³/mol. The van der Waals surface area contributed by atoms with Gasteiger partial charge in [0.25, 0.3) is 0 Å². The van der Waals surface area contributed by atoms with Gasteiger partial charge in [0.2, 0.25) is 0 Å². The number of allylic oxidation sites excluding steroid dienone is 6. The van der Waals surface area contributed by atoms with Crippen LogP contribution in [0.15, 0.2) is 36.5 Å². The number of hydrogen-bond acceptors (Lipinski definition) is 6. The lowest BCUT2D eigenvalue weighted by Gasteiger charge is -2.18. The van der Waals surface area contributed by atoms with Crippen LogP contribution in [0.3, 0.4) is 0 Å². The molecule has 0 unspecified atom stereocenters. The fourth-order valence-corrected chi connectivity index (χ4v) is 7.18. The van der Waals surface area contributed by atoms with Crippen molar-refractivity contribution in [3.63, 3.8) is 0 Å². The van der Waals surface area contributed by atoms with Gasteiger partial charge in [0.1, 0.15) is 13.2 Å². The Morgan fingerprint density at radius 2 is 0.576 bits per heavy atom. The Labute approximate surface area is 365 Å². The lowest BCUT2D eigenvalue weighted by molar-refractivity contribution is -0.167. The van der Waals surface area contributed by atoms with Crippen molar-refractivity contribution < 1.29 is 28.6 Å². The van der Waals surface area contributed by atoms with Gasteiger partial charge in [0, 0.05) is 19.3 Å². The monoisotopic (exact) mass is 829 g/mol. The van der Waals surface area contributed by atoms with Crippen LogP contribution in [0, 0.1) is 0 Å². The number of rotatable bonds is 46. The van der Waals surface area contributed by atoms with Gasteiger partial charge < -0.3 is 14.2 Å². The maximum Gasteiger partial charge on any atom is 0.306 e. The van der Waals surface area contributed by atoms with Crippen LogP contribution in [-0.2, 0) is 28.6 Å². The summed E-state index contributed by atoms with van der Waals surface area (Å²) in [7, 11) is 0. The molecule has 0 aromatic heterocycles. The molecule has 6 heteroatoms. The van der Waals surface area contributed by atoms with Crippen molar-refractivity contribution in [3.8, 4) is 0 Å². The third kappa shape index (κ3) is 46.5. The highest BCUT2D eigenvalue weighted by atomic mass is 16.6. The second-order valence-corrected chi connectivity index (χ2v) is 17.1.